The van der Waals surface area contributed by atoms with Gasteiger partial charge in [-0.15, -0.1) is 0 Å². The van der Waals surface area contributed by atoms with Crippen molar-refractivity contribution in [2.75, 3.05) is 14.2 Å². The number of methoxy groups -OCH3 is 2. The molecule has 5 heteroatoms. The van der Waals surface area contributed by atoms with Crippen molar-refractivity contribution in [3.05, 3.63) is 89.5 Å². The molecule has 1 atom stereocenters. The van der Waals surface area contributed by atoms with Crippen molar-refractivity contribution in [3.8, 4) is 17.2 Å². The molecule has 2 aliphatic heterocycles. The number of hydrazone groups is 1. The monoisotopic (exact) mass is 454 g/mol. The van der Waals surface area contributed by atoms with Gasteiger partial charge in [-0.05, 0) is 42.5 Å². The third kappa shape index (κ3) is 3.42. The summed E-state index contributed by atoms with van der Waals surface area (Å²) in [5.74, 6) is 3.13. The second-order valence-electron chi connectivity index (χ2n) is 9.45. The summed E-state index contributed by atoms with van der Waals surface area (Å²) in [6.07, 6.45) is 4.91. The summed E-state index contributed by atoms with van der Waals surface area (Å²) < 4.78 is 17.9. The molecule has 0 amide bonds. The molecular weight excluding hydrogens is 424 g/mol. The number of hydrogen-bond acceptors (Lipinski definition) is 5. The standard InChI is InChI=1S/C29H30N2O3/c1-32-22-12-13-23(28(18-22)33-2)25-19-26-24-10-6-7-11-27(24)34-29(31(26)30-25)16-14-21(15-17-29)20-8-4-3-5-9-20/h3-13,18,21,26H,14-17,19H2,1-2H3. The number of fused-ring (bicyclic) bond motifs is 4. The van der Waals surface area contributed by atoms with E-state index in [4.69, 9.17) is 19.3 Å². The number of ether oxygens (including phenoxy) is 3. The first kappa shape index (κ1) is 21.1. The minimum Gasteiger partial charge on any atom is -0.497 e. The van der Waals surface area contributed by atoms with E-state index in [1.165, 1.54) is 11.1 Å². The molecule has 0 bridgehead atoms. The molecule has 5 nitrogen and oxygen atoms in total. The van der Waals surface area contributed by atoms with Gasteiger partial charge in [0.1, 0.15) is 17.2 Å². The summed E-state index contributed by atoms with van der Waals surface area (Å²) in [5, 5.41) is 7.50. The molecule has 3 aliphatic rings. The van der Waals surface area contributed by atoms with Crippen LogP contribution in [-0.4, -0.2) is 30.7 Å². The van der Waals surface area contributed by atoms with Gasteiger partial charge in [0.25, 0.3) is 0 Å². The fourth-order valence-corrected chi connectivity index (χ4v) is 5.89. The van der Waals surface area contributed by atoms with Crippen molar-refractivity contribution in [3.63, 3.8) is 0 Å². The van der Waals surface area contributed by atoms with Gasteiger partial charge in [0, 0.05) is 36.5 Å². The van der Waals surface area contributed by atoms with Gasteiger partial charge in [-0.1, -0.05) is 48.5 Å². The highest BCUT2D eigenvalue weighted by molar-refractivity contribution is 6.04. The van der Waals surface area contributed by atoms with Gasteiger partial charge in [-0.3, -0.25) is 0 Å². The van der Waals surface area contributed by atoms with Crippen LogP contribution < -0.4 is 14.2 Å². The van der Waals surface area contributed by atoms with E-state index in [0.717, 1.165) is 60.6 Å². The highest BCUT2D eigenvalue weighted by Gasteiger charge is 2.52. The van der Waals surface area contributed by atoms with Crippen LogP contribution in [0, 0.1) is 0 Å². The Labute approximate surface area is 201 Å². The Bertz CT molecular complexity index is 1220. The van der Waals surface area contributed by atoms with Gasteiger partial charge < -0.3 is 14.2 Å². The van der Waals surface area contributed by atoms with Crippen LogP contribution in [0.3, 0.4) is 0 Å². The molecule has 34 heavy (non-hydrogen) atoms. The summed E-state index contributed by atoms with van der Waals surface area (Å²) >= 11 is 0. The van der Waals surface area contributed by atoms with E-state index in [-0.39, 0.29) is 6.04 Å². The van der Waals surface area contributed by atoms with Crippen molar-refractivity contribution < 1.29 is 14.2 Å². The lowest BCUT2D eigenvalue weighted by Gasteiger charge is -2.50. The Morgan fingerprint density at radius 3 is 2.44 bits per heavy atom. The smallest absolute Gasteiger partial charge is 0.198 e. The number of rotatable bonds is 4. The second kappa shape index (κ2) is 8.39. The van der Waals surface area contributed by atoms with E-state index in [1.807, 2.05) is 12.1 Å². The van der Waals surface area contributed by atoms with Gasteiger partial charge in [-0.2, -0.15) is 5.10 Å². The van der Waals surface area contributed by atoms with E-state index < -0.39 is 5.72 Å². The molecule has 0 saturated heterocycles. The van der Waals surface area contributed by atoms with Crippen molar-refractivity contribution in [2.24, 2.45) is 5.10 Å². The molecule has 0 N–H and O–H groups in total. The lowest BCUT2D eigenvalue weighted by Crippen LogP contribution is -2.55. The zero-order valence-corrected chi connectivity index (χ0v) is 19.7. The SMILES string of the molecule is COc1ccc(C2=NN3C(C2)c2ccccc2OC32CCC(c3ccccc3)CC2)c(OC)c1. The normalized spacial score (nSPS) is 25.2. The minimum atomic E-state index is -0.411. The van der Waals surface area contributed by atoms with Crippen LogP contribution in [0.2, 0.25) is 0 Å². The molecule has 0 aromatic heterocycles. The number of para-hydroxylation sites is 1. The van der Waals surface area contributed by atoms with Gasteiger partial charge in [0.05, 0.1) is 26.0 Å². The minimum absolute atomic E-state index is 0.167. The van der Waals surface area contributed by atoms with Crippen LogP contribution in [-0.2, 0) is 0 Å². The molecule has 2 heterocycles. The predicted octanol–water partition coefficient (Wildman–Crippen LogP) is 6.30. The van der Waals surface area contributed by atoms with Crippen molar-refractivity contribution in [1.82, 2.24) is 5.01 Å². The van der Waals surface area contributed by atoms with E-state index in [0.29, 0.717) is 5.92 Å². The third-order valence-electron chi connectivity index (χ3n) is 7.66. The Balaban J connectivity index is 1.36. The molecule has 1 aliphatic carbocycles. The highest BCUT2D eigenvalue weighted by Crippen LogP contribution is 2.53. The summed E-state index contributed by atoms with van der Waals surface area (Å²) in [6, 6.07) is 25.5. The largest absolute Gasteiger partial charge is 0.497 e. The fraction of sp³-hybridized carbons (Fsp3) is 0.345. The van der Waals surface area contributed by atoms with Gasteiger partial charge in [-0.25, -0.2) is 5.01 Å². The second-order valence-corrected chi connectivity index (χ2v) is 9.45. The van der Waals surface area contributed by atoms with E-state index in [1.54, 1.807) is 14.2 Å². The lowest BCUT2D eigenvalue weighted by atomic mass is 9.78. The third-order valence-corrected chi connectivity index (χ3v) is 7.66. The number of benzene rings is 3. The first-order valence-corrected chi connectivity index (χ1v) is 12.1. The molecule has 1 saturated carbocycles. The zero-order valence-electron chi connectivity index (χ0n) is 19.7. The maximum absolute atomic E-state index is 6.80. The Kier molecular flexibility index (Phi) is 5.20. The average molecular weight is 455 g/mol. The van der Waals surface area contributed by atoms with Gasteiger partial charge in [0.2, 0.25) is 0 Å². The molecule has 0 radical (unpaired) electrons. The zero-order chi connectivity index (χ0) is 23.1. The molecule has 6 rings (SSSR count). The first-order chi connectivity index (χ1) is 16.7. The number of hydrogen-bond donors (Lipinski definition) is 0. The van der Waals surface area contributed by atoms with Crippen LogP contribution in [0.5, 0.6) is 17.2 Å². The topological polar surface area (TPSA) is 43.3 Å². The molecule has 1 unspecified atom stereocenters. The van der Waals surface area contributed by atoms with Crippen molar-refractivity contribution in [2.45, 2.75) is 49.8 Å². The molecular formula is C29H30N2O3. The van der Waals surface area contributed by atoms with Crippen molar-refractivity contribution >= 4 is 5.71 Å². The first-order valence-electron chi connectivity index (χ1n) is 12.1. The molecule has 174 valence electrons. The molecule has 1 spiro atoms. The van der Waals surface area contributed by atoms with Crippen LogP contribution in [0.25, 0.3) is 0 Å². The quantitative estimate of drug-likeness (QED) is 0.464. The predicted molar refractivity (Wildman–Crippen MR) is 133 cm³/mol. The maximum atomic E-state index is 6.80. The lowest BCUT2D eigenvalue weighted by molar-refractivity contribution is -0.142. The summed E-state index contributed by atoms with van der Waals surface area (Å²) in [5.41, 5.74) is 4.28. The van der Waals surface area contributed by atoms with E-state index >= 15 is 0 Å². The van der Waals surface area contributed by atoms with Crippen LogP contribution in [0.1, 0.15) is 60.8 Å². The Morgan fingerprint density at radius 1 is 0.912 bits per heavy atom. The van der Waals surface area contributed by atoms with Gasteiger partial charge >= 0.3 is 0 Å². The summed E-state index contributed by atoms with van der Waals surface area (Å²) in [4.78, 5) is 0. The van der Waals surface area contributed by atoms with Gasteiger partial charge in [0.15, 0.2) is 5.72 Å². The fourth-order valence-electron chi connectivity index (χ4n) is 5.89. The highest BCUT2D eigenvalue weighted by atomic mass is 16.5. The molecule has 1 fully saturated rings. The molecule has 3 aromatic rings. The average Bonchev–Trinajstić information content (AvgIpc) is 3.36. The van der Waals surface area contributed by atoms with Crippen LogP contribution >= 0.6 is 0 Å². The number of nitrogens with zero attached hydrogens (tertiary/aromatic N) is 2. The van der Waals surface area contributed by atoms with Crippen LogP contribution in [0.15, 0.2) is 77.9 Å². The summed E-state index contributed by atoms with van der Waals surface area (Å²) in [6.45, 7) is 0. The van der Waals surface area contributed by atoms with E-state index in [2.05, 4.69) is 65.7 Å². The molecule has 3 aromatic carbocycles. The maximum Gasteiger partial charge on any atom is 0.198 e. The van der Waals surface area contributed by atoms with E-state index in [9.17, 15) is 0 Å². The Morgan fingerprint density at radius 2 is 1.68 bits per heavy atom. The summed E-state index contributed by atoms with van der Waals surface area (Å²) in [7, 11) is 3.37. The van der Waals surface area contributed by atoms with Crippen molar-refractivity contribution in [1.29, 1.82) is 0 Å². The van der Waals surface area contributed by atoms with Crippen LogP contribution in [0.4, 0.5) is 0 Å². The Hall–Kier alpha value is -3.47.